The normalized spacial score (nSPS) is 13.8. The number of thioether (sulfide) groups is 1. The Morgan fingerprint density at radius 1 is 1.03 bits per heavy atom. The molecule has 0 N–H and O–H groups in total. The average molecular weight is 520 g/mol. The Hall–Kier alpha value is -3.13. The maximum Gasteiger partial charge on any atom is 0.266 e. The number of carbonyl (C=O) groups is 1. The Kier molecular flexibility index (Phi) is 7.14. The number of carbonyl (C=O) groups excluding carboxylic acids is 1. The SMILES string of the molecule is Cc1cc(C)cc(-n2c(SCc3ccccc3Cl)nc3cc(C(=O)N4CCOCC4)ccc3c2=O)c1. The second-order valence-corrected chi connectivity index (χ2v) is 10.2. The van der Waals surface area contributed by atoms with Crippen LogP contribution in [0, 0.1) is 13.8 Å². The first-order valence-electron chi connectivity index (χ1n) is 11.8. The first-order chi connectivity index (χ1) is 17.4. The first kappa shape index (κ1) is 24.6. The van der Waals surface area contributed by atoms with E-state index in [0.29, 0.717) is 58.7 Å². The van der Waals surface area contributed by atoms with Gasteiger partial charge in [0.1, 0.15) is 0 Å². The van der Waals surface area contributed by atoms with Gasteiger partial charge >= 0.3 is 0 Å². The zero-order chi connectivity index (χ0) is 25.2. The summed E-state index contributed by atoms with van der Waals surface area (Å²) in [4.78, 5) is 33.5. The standard InChI is InChI=1S/C28H26ClN3O3S/c1-18-13-19(2)15-22(14-18)32-27(34)23-8-7-20(26(33)31-9-11-35-12-10-31)16-25(23)30-28(32)36-17-21-5-3-4-6-24(21)29/h3-8,13-16H,9-12,17H2,1-2H3. The second-order valence-electron chi connectivity index (χ2n) is 8.90. The van der Waals surface area contributed by atoms with Gasteiger partial charge in [0.05, 0.1) is 29.8 Å². The molecule has 0 radical (unpaired) electrons. The second kappa shape index (κ2) is 10.5. The lowest BCUT2D eigenvalue weighted by Crippen LogP contribution is -2.40. The smallest absolute Gasteiger partial charge is 0.266 e. The summed E-state index contributed by atoms with van der Waals surface area (Å²) in [5.74, 6) is 0.472. The molecule has 0 bridgehead atoms. The Morgan fingerprint density at radius 2 is 1.75 bits per heavy atom. The van der Waals surface area contributed by atoms with Gasteiger partial charge in [0, 0.05) is 29.4 Å². The molecule has 0 spiro atoms. The first-order valence-corrected chi connectivity index (χ1v) is 13.2. The van der Waals surface area contributed by atoms with E-state index in [1.54, 1.807) is 27.7 Å². The number of benzene rings is 3. The van der Waals surface area contributed by atoms with Crippen molar-refractivity contribution in [2.24, 2.45) is 0 Å². The van der Waals surface area contributed by atoms with E-state index in [-0.39, 0.29) is 11.5 Å². The summed E-state index contributed by atoms with van der Waals surface area (Å²) in [5, 5.41) is 1.69. The summed E-state index contributed by atoms with van der Waals surface area (Å²) in [5.41, 5.74) is 4.70. The molecule has 1 aromatic heterocycles. The van der Waals surface area contributed by atoms with Gasteiger partial charge in [-0.05, 0) is 66.9 Å². The van der Waals surface area contributed by atoms with Crippen LogP contribution in [0.5, 0.6) is 0 Å². The molecule has 1 fully saturated rings. The maximum atomic E-state index is 13.8. The van der Waals surface area contributed by atoms with Crippen molar-refractivity contribution in [2.45, 2.75) is 24.8 Å². The highest BCUT2D eigenvalue weighted by Crippen LogP contribution is 2.28. The predicted molar refractivity (Wildman–Crippen MR) is 145 cm³/mol. The summed E-state index contributed by atoms with van der Waals surface area (Å²) < 4.78 is 7.03. The lowest BCUT2D eigenvalue weighted by atomic mass is 10.1. The van der Waals surface area contributed by atoms with Gasteiger partial charge in [0.2, 0.25) is 0 Å². The minimum atomic E-state index is -0.169. The molecule has 2 heterocycles. The Morgan fingerprint density at radius 3 is 2.47 bits per heavy atom. The number of amides is 1. The van der Waals surface area contributed by atoms with Crippen molar-refractivity contribution in [1.82, 2.24) is 14.5 Å². The van der Waals surface area contributed by atoms with Crippen LogP contribution in [-0.4, -0.2) is 46.7 Å². The van der Waals surface area contributed by atoms with Crippen LogP contribution in [0.2, 0.25) is 5.02 Å². The molecule has 0 aliphatic carbocycles. The molecule has 4 aromatic rings. The molecule has 8 heteroatoms. The fourth-order valence-electron chi connectivity index (χ4n) is 4.41. The van der Waals surface area contributed by atoms with Crippen molar-refractivity contribution in [2.75, 3.05) is 26.3 Å². The topological polar surface area (TPSA) is 64.4 Å². The Balaban J connectivity index is 1.62. The molecule has 3 aromatic carbocycles. The van der Waals surface area contributed by atoms with E-state index in [1.165, 1.54) is 11.8 Å². The molecule has 6 nitrogen and oxygen atoms in total. The fourth-order valence-corrected chi connectivity index (χ4v) is 5.71. The van der Waals surface area contributed by atoms with Crippen molar-refractivity contribution in [3.8, 4) is 5.69 Å². The summed E-state index contributed by atoms with van der Waals surface area (Å²) in [6.45, 7) is 6.18. The fraction of sp³-hybridized carbons (Fsp3) is 0.250. The van der Waals surface area contributed by atoms with Crippen LogP contribution in [-0.2, 0) is 10.5 Å². The van der Waals surface area contributed by atoms with Crippen LogP contribution < -0.4 is 5.56 Å². The highest BCUT2D eigenvalue weighted by atomic mass is 35.5. The van der Waals surface area contributed by atoms with E-state index in [0.717, 1.165) is 22.4 Å². The quantitative estimate of drug-likeness (QED) is 0.260. The molecule has 1 aliphatic heterocycles. The molecular formula is C28H26ClN3O3S. The highest BCUT2D eigenvalue weighted by molar-refractivity contribution is 7.98. The number of hydrogen-bond donors (Lipinski definition) is 0. The van der Waals surface area contributed by atoms with Gasteiger partial charge in [0.15, 0.2) is 5.16 Å². The van der Waals surface area contributed by atoms with E-state index in [2.05, 4.69) is 6.07 Å². The number of halogens is 1. The number of ether oxygens (including phenoxy) is 1. The van der Waals surface area contributed by atoms with Crippen molar-refractivity contribution < 1.29 is 9.53 Å². The van der Waals surface area contributed by atoms with Crippen LogP contribution >= 0.6 is 23.4 Å². The molecule has 184 valence electrons. The number of aryl methyl sites for hydroxylation is 2. The predicted octanol–water partition coefficient (Wildman–Crippen LogP) is 5.42. The van der Waals surface area contributed by atoms with E-state index < -0.39 is 0 Å². The van der Waals surface area contributed by atoms with E-state index >= 15 is 0 Å². The van der Waals surface area contributed by atoms with Gasteiger partial charge < -0.3 is 9.64 Å². The molecular weight excluding hydrogens is 494 g/mol. The molecule has 0 unspecified atom stereocenters. The zero-order valence-corrected chi connectivity index (χ0v) is 21.7. The van der Waals surface area contributed by atoms with Crippen molar-refractivity contribution in [3.05, 3.63) is 98.3 Å². The molecule has 1 saturated heterocycles. The largest absolute Gasteiger partial charge is 0.378 e. The summed E-state index contributed by atoms with van der Waals surface area (Å²) in [6.07, 6.45) is 0. The van der Waals surface area contributed by atoms with Gasteiger partial charge in [-0.2, -0.15) is 0 Å². The third-order valence-electron chi connectivity index (χ3n) is 6.16. The van der Waals surface area contributed by atoms with Crippen molar-refractivity contribution in [3.63, 3.8) is 0 Å². The zero-order valence-electron chi connectivity index (χ0n) is 20.2. The van der Waals surface area contributed by atoms with Gasteiger partial charge in [-0.15, -0.1) is 0 Å². The monoisotopic (exact) mass is 519 g/mol. The van der Waals surface area contributed by atoms with Gasteiger partial charge in [-0.3, -0.25) is 14.2 Å². The van der Waals surface area contributed by atoms with Gasteiger partial charge in [-0.25, -0.2) is 4.98 Å². The molecule has 5 rings (SSSR count). The van der Waals surface area contributed by atoms with Gasteiger partial charge in [-0.1, -0.05) is 47.6 Å². The molecule has 0 atom stereocenters. The number of rotatable bonds is 5. The number of hydrogen-bond acceptors (Lipinski definition) is 5. The molecule has 1 aliphatic rings. The number of fused-ring (bicyclic) bond motifs is 1. The highest BCUT2D eigenvalue weighted by Gasteiger charge is 2.21. The lowest BCUT2D eigenvalue weighted by molar-refractivity contribution is 0.0303. The number of nitrogens with zero attached hydrogens (tertiary/aromatic N) is 3. The average Bonchev–Trinajstić information content (AvgIpc) is 2.87. The van der Waals surface area contributed by atoms with Crippen LogP contribution in [0.25, 0.3) is 16.6 Å². The minimum Gasteiger partial charge on any atom is -0.378 e. The summed E-state index contributed by atoms with van der Waals surface area (Å²) in [7, 11) is 0. The van der Waals surface area contributed by atoms with E-state index in [4.69, 9.17) is 21.3 Å². The lowest BCUT2D eigenvalue weighted by Gasteiger charge is -2.26. The van der Waals surface area contributed by atoms with E-state index in [1.807, 2.05) is 50.2 Å². The maximum absolute atomic E-state index is 13.8. The minimum absolute atomic E-state index is 0.0780. The Labute approximate surface area is 218 Å². The summed E-state index contributed by atoms with van der Waals surface area (Å²) in [6, 6.07) is 18.8. The number of aromatic nitrogens is 2. The third-order valence-corrected chi connectivity index (χ3v) is 7.52. The molecule has 1 amide bonds. The van der Waals surface area contributed by atoms with Crippen LogP contribution in [0.15, 0.2) is 70.6 Å². The van der Waals surface area contributed by atoms with Gasteiger partial charge in [0.25, 0.3) is 11.5 Å². The van der Waals surface area contributed by atoms with Crippen LogP contribution in [0.1, 0.15) is 27.0 Å². The number of morpholine rings is 1. The van der Waals surface area contributed by atoms with Crippen molar-refractivity contribution in [1.29, 1.82) is 0 Å². The van der Waals surface area contributed by atoms with Crippen LogP contribution in [0.3, 0.4) is 0 Å². The molecule has 0 saturated carbocycles. The van der Waals surface area contributed by atoms with Crippen molar-refractivity contribution >= 4 is 40.2 Å². The Bertz CT molecular complexity index is 1490. The third kappa shape index (κ3) is 5.05. The van der Waals surface area contributed by atoms with E-state index in [9.17, 15) is 9.59 Å². The summed E-state index contributed by atoms with van der Waals surface area (Å²) >= 11 is 7.84. The van der Waals surface area contributed by atoms with Crippen LogP contribution in [0.4, 0.5) is 0 Å². The molecule has 36 heavy (non-hydrogen) atoms.